The molecule has 1 aromatic carbocycles. The van der Waals surface area contributed by atoms with E-state index in [2.05, 4.69) is 5.32 Å². The van der Waals surface area contributed by atoms with Gasteiger partial charge >= 0.3 is 0 Å². The molecule has 0 radical (unpaired) electrons. The van der Waals surface area contributed by atoms with E-state index < -0.39 is 0 Å². The molecule has 1 atom stereocenters. The van der Waals surface area contributed by atoms with Crippen molar-refractivity contribution in [2.45, 2.75) is 44.1 Å². The Morgan fingerprint density at radius 1 is 1.20 bits per heavy atom. The number of ether oxygens (including phenoxy) is 2. The van der Waals surface area contributed by atoms with Gasteiger partial charge in [0.15, 0.2) is 11.5 Å². The molecular weight excluding hydrogens is 253 g/mol. The van der Waals surface area contributed by atoms with Gasteiger partial charge in [-0.3, -0.25) is 4.79 Å². The molecule has 0 spiro atoms. The number of benzene rings is 1. The van der Waals surface area contributed by atoms with Crippen LogP contribution in [0.5, 0.6) is 11.5 Å². The molecule has 1 N–H and O–H groups in total. The van der Waals surface area contributed by atoms with Gasteiger partial charge in [-0.2, -0.15) is 0 Å². The maximum absolute atomic E-state index is 11.3. The Labute approximate surface area is 119 Å². The predicted molar refractivity (Wildman–Crippen MR) is 76.2 cm³/mol. The van der Waals surface area contributed by atoms with E-state index in [0.717, 1.165) is 29.9 Å². The van der Waals surface area contributed by atoms with Crippen LogP contribution >= 0.6 is 0 Å². The third-order valence-electron chi connectivity index (χ3n) is 4.23. The van der Waals surface area contributed by atoms with Crippen LogP contribution < -0.4 is 14.8 Å². The van der Waals surface area contributed by atoms with Crippen molar-refractivity contribution in [3.05, 3.63) is 23.8 Å². The maximum atomic E-state index is 11.3. The molecular formula is C16H21NO3. The Morgan fingerprint density at radius 2 is 2.00 bits per heavy atom. The number of hydrogen-bond donors (Lipinski definition) is 1. The van der Waals surface area contributed by atoms with Crippen molar-refractivity contribution in [1.29, 1.82) is 0 Å². The zero-order valence-electron chi connectivity index (χ0n) is 11.9. The number of carbonyl (C=O) groups is 1. The molecule has 1 aliphatic carbocycles. The number of rotatable bonds is 4. The Morgan fingerprint density at radius 3 is 2.65 bits per heavy atom. The normalized spacial score (nSPS) is 22.9. The molecule has 4 nitrogen and oxygen atoms in total. The molecule has 1 saturated heterocycles. The predicted octanol–water partition coefficient (Wildman–Crippen LogP) is 2.62. The minimum atomic E-state index is 0.129. The van der Waals surface area contributed by atoms with Gasteiger partial charge in [0.1, 0.15) is 0 Å². The second-order valence-electron chi connectivity index (χ2n) is 5.64. The smallest absolute Gasteiger partial charge is 0.220 e. The van der Waals surface area contributed by atoms with Crippen molar-refractivity contribution in [1.82, 2.24) is 5.32 Å². The van der Waals surface area contributed by atoms with Crippen molar-refractivity contribution < 1.29 is 14.3 Å². The minimum Gasteiger partial charge on any atom is -0.493 e. The fourth-order valence-electron chi connectivity index (χ4n) is 3.07. The van der Waals surface area contributed by atoms with Crippen LogP contribution in [0, 0.1) is 0 Å². The monoisotopic (exact) mass is 274 g/mol. The van der Waals surface area contributed by atoms with Crippen LogP contribution in [-0.2, 0) is 4.79 Å². The van der Waals surface area contributed by atoms with Gasteiger partial charge in [-0.1, -0.05) is 6.07 Å². The van der Waals surface area contributed by atoms with Gasteiger partial charge in [-0.25, -0.2) is 0 Å². The standard InChI is InChI=1S/C16H21NO3/c1-19-14-7-6-11(12-9-16(18)17-10-12)8-15(14)20-13-4-2-3-5-13/h6-8,12-13H,2-5,9-10H2,1H3,(H,17,18)/i1-1. The van der Waals surface area contributed by atoms with Crippen LogP contribution in [0.2, 0.25) is 0 Å². The van der Waals surface area contributed by atoms with Gasteiger partial charge in [0.25, 0.3) is 0 Å². The number of amides is 1. The maximum Gasteiger partial charge on any atom is 0.220 e. The third-order valence-corrected chi connectivity index (χ3v) is 4.23. The van der Waals surface area contributed by atoms with E-state index in [1.807, 2.05) is 18.2 Å². The molecule has 1 amide bonds. The SMILES string of the molecule is [11CH3]Oc1ccc(C2CNC(=O)C2)cc1OC1CCCC1. The minimum absolute atomic E-state index is 0.129. The van der Waals surface area contributed by atoms with Crippen LogP contribution in [0.4, 0.5) is 0 Å². The summed E-state index contributed by atoms with van der Waals surface area (Å²) in [6.07, 6.45) is 5.60. The highest BCUT2D eigenvalue weighted by atomic mass is 16.5. The number of nitrogens with one attached hydrogen (secondary N) is 1. The average molecular weight is 274 g/mol. The summed E-state index contributed by atoms with van der Waals surface area (Å²) in [6, 6.07) is 6.02. The lowest BCUT2D eigenvalue weighted by molar-refractivity contribution is -0.119. The van der Waals surface area contributed by atoms with Gasteiger partial charge in [-0.15, -0.1) is 0 Å². The second-order valence-corrected chi connectivity index (χ2v) is 5.64. The van der Waals surface area contributed by atoms with E-state index in [4.69, 9.17) is 9.47 Å². The highest BCUT2D eigenvalue weighted by Crippen LogP contribution is 2.35. The molecule has 4 heteroatoms. The van der Waals surface area contributed by atoms with E-state index in [0.29, 0.717) is 19.1 Å². The first-order chi connectivity index (χ1) is 9.76. The molecule has 0 bridgehead atoms. The Kier molecular flexibility index (Phi) is 3.81. The number of methoxy groups -OCH3 is 1. The molecule has 1 heterocycles. The lowest BCUT2D eigenvalue weighted by atomic mass is 9.98. The molecule has 0 aromatic heterocycles. The molecule has 20 heavy (non-hydrogen) atoms. The third kappa shape index (κ3) is 2.74. The molecule has 1 saturated carbocycles. The van der Waals surface area contributed by atoms with E-state index in [9.17, 15) is 4.79 Å². The van der Waals surface area contributed by atoms with E-state index in [1.165, 1.54) is 12.8 Å². The van der Waals surface area contributed by atoms with Gasteiger partial charge in [0.05, 0.1) is 13.2 Å². The van der Waals surface area contributed by atoms with Gasteiger partial charge in [-0.05, 0) is 43.4 Å². The first-order valence-electron chi connectivity index (χ1n) is 7.37. The van der Waals surface area contributed by atoms with Gasteiger partial charge < -0.3 is 14.8 Å². The summed E-state index contributed by atoms with van der Waals surface area (Å²) < 4.78 is 11.5. The molecule has 1 aliphatic heterocycles. The fourth-order valence-corrected chi connectivity index (χ4v) is 3.07. The van der Waals surface area contributed by atoms with E-state index >= 15 is 0 Å². The Balaban J connectivity index is 1.80. The van der Waals surface area contributed by atoms with E-state index in [1.54, 1.807) is 7.11 Å². The average Bonchev–Trinajstić information content (AvgIpc) is 3.10. The summed E-state index contributed by atoms with van der Waals surface area (Å²) in [5, 5.41) is 2.88. The lowest BCUT2D eigenvalue weighted by Crippen LogP contribution is -2.14. The summed E-state index contributed by atoms with van der Waals surface area (Å²) in [5.41, 5.74) is 1.15. The molecule has 1 unspecified atom stereocenters. The highest BCUT2D eigenvalue weighted by molar-refractivity contribution is 5.79. The quantitative estimate of drug-likeness (QED) is 0.918. The van der Waals surface area contributed by atoms with Crippen LogP contribution in [0.15, 0.2) is 18.2 Å². The van der Waals surface area contributed by atoms with Crippen molar-refractivity contribution in [2.75, 3.05) is 13.7 Å². The summed E-state index contributed by atoms with van der Waals surface area (Å²) in [4.78, 5) is 11.3. The summed E-state index contributed by atoms with van der Waals surface area (Å²) >= 11 is 0. The van der Waals surface area contributed by atoms with E-state index in [-0.39, 0.29) is 11.8 Å². The van der Waals surface area contributed by atoms with Crippen molar-refractivity contribution in [2.24, 2.45) is 0 Å². The zero-order valence-corrected chi connectivity index (χ0v) is 11.9. The summed E-state index contributed by atoms with van der Waals surface area (Å²) in [6.45, 7) is 0.716. The number of hydrogen-bond acceptors (Lipinski definition) is 3. The van der Waals surface area contributed by atoms with Crippen LogP contribution in [0.25, 0.3) is 0 Å². The topological polar surface area (TPSA) is 47.6 Å². The lowest BCUT2D eigenvalue weighted by Gasteiger charge is -2.18. The Bertz CT molecular complexity index is 494. The largest absolute Gasteiger partial charge is 0.493 e. The van der Waals surface area contributed by atoms with Crippen LogP contribution in [0.3, 0.4) is 0 Å². The molecule has 108 valence electrons. The van der Waals surface area contributed by atoms with Crippen molar-refractivity contribution >= 4 is 5.91 Å². The van der Waals surface area contributed by atoms with Crippen LogP contribution in [0.1, 0.15) is 43.6 Å². The molecule has 3 rings (SSSR count). The van der Waals surface area contributed by atoms with Crippen LogP contribution in [-0.4, -0.2) is 25.7 Å². The molecule has 1 aromatic rings. The zero-order chi connectivity index (χ0) is 13.9. The molecule has 2 aliphatic rings. The van der Waals surface area contributed by atoms with Crippen molar-refractivity contribution in [3.63, 3.8) is 0 Å². The first-order valence-corrected chi connectivity index (χ1v) is 7.37. The summed E-state index contributed by atoms with van der Waals surface area (Å²) in [5.74, 6) is 1.97. The molecule has 2 fully saturated rings. The second kappa shape index (κ2) is 5.73. The fraction of sp³-hybridized carbons (Fsp3) is 0.562. The van der Waals surface area contributed by atoms with Gasteiger partial charge in [0, 0.05) is 18.9 Å². The summed E-state index contributed by atoms with van der Waals surface area (Å²) in [7, 11) is 1.66. The van der Waals surface area contributed by atoms with Gasteiger partial charge in [0.2, 0.25) is 5.91 Å². The van der Waals surface area contributed by atoms with Crippen molar-refractivity contribution in [3.8, 4) is 11.5 Å². The first kappa shape index (κ1) is 13.3. The highest BCUT2D eigenvalue weighted by Gasteiger charge is 2.25. The Hall–Kier alpha value is -1.71. The number of carbonyl (C=O) groups excluding carboxylic acids is 1.